The molecule has 2 N–H and O–H groups in total. The number of benzene rings is 2. The summed E-state index contributed by atoms with van der Waals surface area (Å²) in [5, 5.41) is 4.98. The highest BCUT2D eigenvalue weighted by atomic mass is 19.4. The largest absolute Gasteiger partial charge is 0.456 e. The van der Waals surface area contributed by atoms with Crippen LogP contribution in [0.3, 0.4) is 0 Å². The van der Waals surface area contributed by atoms with Crippen LogP contribution in [0.15, 0.2) is 48.5 Å². The average molecular weight is 422 g/mol. The highest BCUT2D eigenvalue weighted by Gasteiger charge is 2.30. The number of ether oxygens (including phenoxy) is 1. The zero-order chi connectivity index (χ0) is 22.1. The predicted molar refractivity (Wildman–Crippen MR) is 105 cm³/mol. The van der Waals surface area contributed by atoms with E-state index in [0.717, 1.165) is 23.8 Å². The molecule has 2 aromatic carbocycles. The minimum absolute atomic E-state index is 0.0567. The Bertz CT molecular complexity index is 913. The number of aryl methyl sites for hydroxylation is 1. The van der Waals surface area contributed by atoms with Crippen LogP contribution in [0.25, 0.3) is 0 Å². The van der Waals surface area contributed by atoms with Gasteiger partial charge in [-0.1, -0.05) is 24.3 Å². The molecule has 0 atom stereocenters. The Morgan fingerprint density at radius 3 is 2.37 bits per heavy atom. The molecule has 0 fully saturated rings. The van der Waals surface area contributed by atoms with Crippen LogP contribution < -0.4 is 10.6 Å². The van der Waals surface area contributed by atoms with Crippen molar-refractivity contribution in [3.63, 3.8) is 0 Å². The van der Waals surface area contributed by atoms with Crippen LogP contribution in [0.2, 0.25) is 0 Å². The van der Waals surface area contributed by atoms with E-state index in [-0.39, 0.29) is 30.9 Å². The maximum Gasteiger partial charge on any atom is 0.416 e. The molecule has 0 spiro atoms. The molecule has 2 rings (SSSR count). The topological polar surface area (TPSA) is 84.5 Å². The summed E-state index contributed by atoms with van der Waals surface area (Å²) in [6.45, 7) is 1.22. The number of esters is 1. The van der Waals surface area contributed by atoms with Crippen molar-refractivity contribution >= 4 is 29.2 Å². The molecular weight excluding hydrogens is 401 g/mol. The molecule has 30 heavy (non-hydrogen) atoms. The number of para-hydroxylation sites is 1. The minimum atomic E-state index is -4.53. The van der Waals surface area contributed by atoms with E-state index >= 15 is 0 Å². The number of nitrogens with one attached hydrogen (secondary N) is 2. The van der Waals surface area contributed by atoms with E-state index in [4.69, 9.17) is 4.74 Å². The summed E-state index contributed by atoms with van der Waals surface area (Å²) in [6.07, 6.45) is -4.28. The second-order valence-corrected chi connectivity index (χ2v) is 6.50. The monoisotopic (exact) mass is 422 g/mol. The first kappa shape index (κ1) is 22.9. The second kappa shape index (κ2) is 10.4. The van der Waals surface area contributed by atoms with Crippen LogP contribution in [0.5, 0.6) is 0 Å². The molecule has 0 bridgehead atoms. The molecule has 9 heteroatoms. The van der Waals surface area contributed by atoms with Gasteiger partial charge in [0, 0.05) is 24.2 Å². The zero-order valence-electron chi connectivity index (χ0n) is 16.2. The average Bonchev–Trinajstić information content (AvgIpc) is 2.68. The summed E-state index contributed by atoms with van der Waals surface area (Å²) in [5.41, 5.74) is 0.647. The molecule has 0 saturated carbocycles. The van der Waals surface area contributed by atoms with Crippen molar-refractivity contribution in [3.8, 4) is 0 Å². The number of alkyl halides is 3. The fraction of sp³-hybridized carbons (Fsp3) is 0.286. The molecule has 0 radical (unpaired) electrons. The normalized spacial score (nSPS) is 10.9. The van der Waals surface area contributed by atoms with E-state index in [1.807, 2.05) is 19.1 Å². The summed E-state index contributed by atoms with van der Waals surface area (Å²) in [6, 6.07) is 11.4. The fourth-order valence-electron chi connectivity index (χ4n) is 2.51. The Kier molecular flexibility index (Phi) is 7.97. The summed E-state index contributed by atoms with van der Waals surface area (Å²) in [7, 11) is 0. The van der Waals surface area contributed by atoms with Gasteiger partial charge in [-0.3, -0.25) is 14.4 Å². The molecule has 6 nitrogen and oxygen atoms in total. The van der Waals surface area contributed by atoms with E-state index in [1.54, 1.807) is 12.1 Å². The molecule has 0 aliphatic heterocycles. The van der Waals surface area contributed by atoms with Gasteiger partial charge in [-0.05, 0) is 43.2 Å². The molecule has 0 aromatic heterocycles. The third-order valence-corrected chi connectivity index (χ3v) is 4.04. The zero-order valence-corrected chi connectivity index (χ0v) is 16.2. The van der Waals surface area contributed by atoms with E-state index in [2.05, 4.69) is 10.6 Å². The smallest absolute Gasteiger partial charge is 0.416 e. The van der Waals surface area contributed by atoms with Gasteiger partial charge in [-0.15, -0.1) is 0 Å². The van der Waals surface area contributed by atoms with Crippen LogP contribution in [-0.2, 0) is 25.3 Å². The number of carbonyl (C=O) groups is 3. The Hall–Kier alpha value is -3.36. The van der Waals surface area contributed by atoms with Crippen molar-refractivity contribution in [2.45, 2.75) is 32.4 Å². The van der Waals surface area contributed by atoms with Crippen molar-refractivity contribution in [1.29, 1.82) is 0 Å². The molecule has 0 aliphatic carbocycles. The van der Waals surface area contributed by atoms with Gasteiger partial charge >= 0.3 is 12.1 Å². The molecular formula is C21H21F3N2O4. The number of hydrogen-bond donors (Lipinski definition) is 2. The van der Waals surface area contributed by atoms with Crippen molar-refractivity contribution in [2.75, 3.05) is 17.2 Å². The highest BCUT2D eigenvalue weighted by molar-refractivity contribution is 5.93. The van der Waals surface area contributed by atoms with Crippen molar-refractivity contribution in [3.05, 3.63) is 59.7 Å². The van der Waals surface area contributed by atoms with Gasteiger partial charge in [0.1, 0.15) is 0 Å². The van der Waals surface area contributed by atoms with Crippen molar-refractivity contribution in [1.82, 2.24) is 0 Å². The maximum absolute atomic E-state index is 12.7. The first-order valence-electron chi connectivity index (χ1n) is 9.13. The number of amides is 2. The van der Waals surface area contributed by atoms with E-state index in [0.29, 0.717) is 5.69 Å². The van der Waals surface area contributed by atoms with E-state index in [9.17, 15) is 27.6 Å². The quantitative estimate of drug-likeness (QED) is 0.621. The molecule has 2 amide bonds. The van der Waals surface area contributed by atoms with Crippen molar-refractivity contribution < 1.29 is 32.3 Å². The maximum atomic E-state index is 12.7. The lowest BCUT2D eigenvalue weighted by atomic mass is 10.2. The Balaban J connectivity index is 1.69. The third-order valence-electron chi connectivity index (χ3n) is 4.04. The number of halogens is 3. The summed E-state index contributed by atoms with van der Waals surface area (Å²) in [4.78, 5) is 35.4. The first-order chi connectivity index (χ1) is 14.1. The predicted octanol–water partition coefficient (Wildman–Crippen LogP) is 4.30. The minimum Gasteiger partial charge on any atom is -0.456 e. The van der Waals surface area contributed by atoms with E-state index < -0.39 is 30.2 Å². The molecule has 2 aromatic rings. The van der Waals surface area contributed by atoms with Crippen LogP contribution >= 0.6 is 0 Å². The Morgan fingerprint density at radius 1 is 0.933 bits per heavy atom. The van der Waals surface area contributed by atoms with Gasteiger partial charge in [0.2, 0.25) is 5.91 Å². The van der Waals surface area contributed by atoms with E-state index in [1.165, 1.54) is 6.07 Å². The first-order valence-corrected chi connectivity index (χ1v) is 9.13. The van der Waals surface area contributed by atoms with Gasteiger partial charge in [-0.25, -0.2) is 0 Å². The summed E-state index contributed by atoms with van der Waals surface area (Å²) < 4.78 is 42.8. The lowest BCUT2D eigenvalue weighted by Crippen LogP contribution is -2.21. The van der Waals surface area contributed by atoms with Gasteiger partial charge < -0.3 is 15.4 Å². The molecule has 0 heterocycles. The number of anilines is 2. The van der Waals surface area contributed by atoms with Crippen LogP contribution in [0, 0.1) is 6.92 Å². The molecule has 160 valence electrons. The van der Waals surface area contributed by atoms with Gasteiger partial charge in [-0.2, -0.15) is 13.2 Å². The lowest BCUT2D eigenvalue weighted by molar-refractivity contribution is -0.147. The third kappa shape index (κ3) is 7.57. The number of carbonyl (C=O) groups excluding carboxylic acids is 3. The SMILES string of the molecule is Cc1ccccc1NC(=O)CCCC(=O)OCC(=O)Nc1cccc(C(F)(F)F)c1. The summed E-state index contributed by atoms with van der Waals surface area (Å²) >= 11 is 0. The fourth-order valence-corrected chi connectivity index (χ4v) is 2.51. The molecule has 0 unspecified atom stereocenters. The molecule has 0 saturated heterocycles. The van der Waals surface area contributed by atoms with Crippen LogP contribution in [-0.4, -0.2) is 24.4 Å². The van der Waals surface area contributed by atoms with Gasteiger partial charge in [0.05, 0.1) is 5.56 Å². The summed E-state index contributed by atoms with van der Waals surface area (Å²) in [5.74, 6) is -1.70. The Labute approximate surface area is 171 Å². The van der Waals surface area contributed by atoms with Crippen LogP contribution in [0.1, 0.15) is 30.4 Å². The molecule has 0 aliphatic rings. The van der Waals surface area contributed by atoms with Gasteiger partial charge in [0.25, 0.3) is 5.91 Å². The second-order valence-electron chi connectivity index (χ2n) is 6.50. The lowest BCUT2D eigenvalue weighted by Gasteiger charge is -2.10. The van der Waals surface area contributed by atoms with Crippen molar-refractivity contribution in [2.24, 2.45) is 0 Å². The van der Waals surface area contributed by atoms with Gasteiger partial charge in [0.15, 0.2) is 6.61 Å². The van der Waals surface area contributed by atoms with Crippen LogP contribution in [0.4, 0.5) is 24.5 Å². The Morgan fingerprint density at radius 2 is 1.67 bits per heavy atom. The standard InChI is InChI=1S/C21H21F3N2O4/c1-14-6-2-3-9-17(14)26-18(27)10-5-11-20(29)30-13-19(28)25-16-8-4-7-15(12-16)21(22,23)24/h2-4,6-9,12H,5,10-11,13H2,1H3,(H,25,28)(H,26,27). The number of hydrogen-bond acceptors (Lipinski definition) is 4. The number of rotatable bonds is 8. The highest BCUT2D eigenvalue weighted by Crippen LogP contribution is 2.30.